The predicted octanol–water partition coefficient (Wildman–Crippen LogP) is 3.82. The smallest absolute Gasteiger partial charge is 0.317 e. The highest BCUT2D eigenvalue weighted by atomic mass is 32.1. The molecule has 2 aliphatic heterocycles. The molecule has 0 aliphatic carbocycles. The Bertz CT molecular complexity index is 1220. The monoisotopic (exact) mass is 481 g/mol. The number of nitrogens with two attached hydrogens (primary N) is 1. The highest BCUT2D eigenvalue weighted by Gasteiger charge is 2.46. The Kier molecular flexibility index (Phi) is 5.71. The van der Waals surface area contributed by atoms with Gasteiger partial charge in [0.15, 0.2) is 11.6 Å². The highest BCUT2D eigenvalue weighted by Crippen LogP contribution is 2.44. The first-order valence-electron chi connectivity index (χ1n) is 11.8. The van der Waals surface area contributed by atoms with Gasteiger partial charge in [0.05, 0.1) is 11.4 Å². The number of aromatic nitrogens is 4. The van der Waals surface area contributed by atoms with Gasteiger partial charge in [-0.1, -0.05) is 0 Å². The molecular formula is C24H31N7O2S. The van der Waals surface area contributed by atoms with Gasteiger partial charge in [-0.05, 0) is 52.7 Å². The number of urea groups is 1. The summed E-state index contributed by atoms with van der Waals surface area (Å²) >= 11 is 1.63. The van der Waals surface area contributed by atoms with Crippen molar-refractivity contribution in [3.05, 3.63) is 39.6 Å². The zero-order valence-corrected chi connectivity index (χ0v) is 20.9. The van der Waals surface area contributed by atoms with Crippen LogP contribution in [0.3, 0.4) is 0 Å². The number of pyridine rings is 1. The Morgan fingerprint density at radius 2 is 2.12 bits per heavy atom. The molecule has 2 amide bonds. The van der Waals surface area contributed by atoms with E-state index >= 15 is 0 Å². The molecule has 0 bridgehead atoms. The number of amides is 2. The molecule has 1 fully saturated rings. The standard InChI is InChI=1S/C24H31N7O2S/c1-5-26-23(32)30-8-6-24(13-30)7-9-31-20(24)11-18(29-31)17-10-19(21(25)27-12-17)33-15(3)22-28-14(2)16(4)34-22/h10-12,15H,5-9,13H2,1-4H3,(H2,25,27)(H,26,32)/t15?,24-/m1/s1. The quantitative estimate of drug-likeness (QED) is 0.573. The van der Waals surface area contributed by atoms with Crippen molar-refractivity contribution in [1.29, 1.82) is 0 Å². The molecule has 1 saturated heterocycles. The normalized spacial score (nSPS) is 20.1. The molecular weight excluding hydrogens is 450 g/mol. The van der Waals surface area contributed by atoms with Crippen LogP contribution in [0.5, 0.6) is 5.75 Å². The second kappa shape index (κ2) is 8.57. The molecule has 1 spiro atoms. The Balaban J connectivity index is 1.38. The van der Waals surface area contributed by atoms with Gasteiger partial charge in [-0.3, -0.25) is 4.68 Å². The predicted molar refractivity (Wildman–Crippen MR) is 132 cm³/mol. The molecule has 3 aromatic rings. The van der Waals surface area contributed by atoms with E-state index in [0.29, 0.717) is 18.1 Å². The highest BCUT2D eigenvalue weighted by molar-refractivity contribution is 7.11. The summed E-state index contributed by atoms with van der Waals surface area (Å²) < 4.78 is 8.25. The molecule has 9 nitrogen and oxygen atoms in total. The Morgan fingerprint density at radius 3 is 2.85 bits per heavy atom. The van der Waals surface area contributed by atoms with E-state index in [1.807, 2.05) is 31.7 Å². The van der Waals surface area contributed by atoms with E-state index in [4.69, 9.17) is 15.6 Å². The van der Waals surface area contributed by atoms with Gasteiger partial charge in [0, 0.05) is 53.9 Å². The Hall–Kier alpha value is -3.14. The lowest BCUT2D eigenvalue weighted by Crippen LogP contribution is -2.40. The Morgan fingerprint density at radius 1 is 1.32 bits per heavy atom. The second-order valence-electron chi connectivity index (χ2n) is 9.24. The number of nitrogens with zero attached hydrogens (tertiary/aromatic N) is 5. The maximum atomic E-state index is 12.4. The van der Waals surface area contributed by atoms with Crippen molar-refractivity contribution in [2.45, 2.75) is 58.6 Å². The van der Waals surface area contributed by atoms with Crippen molar-refractivity contribution < 1.29 is 9.53 Å². The largest absolute Gasteiger partial charge is 0.480 e. The van der Waals surface area contributed by atoms with Crippen molar-refractivity contribution >= 4 is 23.2 Å². The van der Waals surface area contributed by atoms with Crippen LogP contribution in [0, 0.1) is 13.8 Å². The van der Waals surface area contributed by atoms with Crippen molar-refractivity contribution in [3.8, 4) is 17.0 Å². The molecule has 0 radical (unpaired) electrons. The fourth-order valence-corrected chi connectivity index (χ4v) is 5.83. The van der Waals surface area contributed by atoms with Crippen molar-refractivity contribution in [3.63, 3.8) is 0 Å². The maximum Gasteiger partial charge on any atom is 0.317 e. The minimum absolute atomic E-state index is 0.0156. The van der Waals surface area contributed by atoms with Crippen LogP contribution in [-0.2, 0) is 12.0 Å². The molecule has 2 aliphatic rings. The number of hydrogen-bond donors (Lipinski definition) is 2. The average molecular weight is 482 g/mol. The SMILES string of the molecule is CCNC(=O)N1CC[C@@]2(CCn3nc(-c4cnc(N)c(OC(C)c5nc(C)c(C)s5)c4)cc32)C1. The third-order valence-corrected chi connectivity index (χ3v) is 8.20. The van der Waals surface area contributed by atoms with Crippen LogP contribution in [0.15, 0.2) is 18.3 Å². The van der Waals surface area contributed by atoms with Gasteiger partial charge in [0.1, 0.15) is 11.1 Å². The van der Waals surface area contributed by atoms with Gasteiger partial charge in [-0.15, -0.1) is 11.3 Å². The fraction of sp³-hybridized carbons (Fsp3) is 0.500. The molecule has 0 saturated carbocycles. The van der Waals surface area contributed by atoms with Crippen LogP contribution < -0.4 is 15.8 Å². The number of nitrogen functional groups attached to an aromatic ring is 1. The maximum absolute atomic E-state index is 12.4. The third kappa shape index (κ3) is 3.89. The van der Waals surface area contributed by atoms with E-state index < -0.39 is 0 Å². The van der Waals surface area contributed by atoms with Gasteiger partial charge in [-0.2, -0.15) is 5.10 Å². The average Bonchev–Trinajstić information content (AvgIpc) is 3.57. The summed E-state index contributed by atoms with van der Waals surface area (Å²) in [5.74, 6) is 0.874. The van der Waals surface area contributed by atoms with Crippen LogP contribution in [0.2, 0.25) is 0 Å². The Labute approximate surface area is 203 Å². The van der Waals surface area contributed by atoms with E-state index in [2.05, 4.69) is 33.0 Å². The minimum atomic E-state index is -0.231. The lowest BCUT2D eigenvalue weighted by molar-refractivity contribution is 0.206. The van der Waals surface area contributed by atoms with Gasteiger partial charge in [0.2, 0.25) is 0 Å². The molecule has 5 heterocycles. The summed E-state index contributed by atoms with van der Waals surface area (Å²) in [6.45, 7) is 11.0. The molecule has 3 aromatic heterocycles. The van der Waals surface area contributed by atoms with Gasteiger partial charge in [0.25, 0.3) is 0 Å². The number of thiazole rings is 1. The summed E-state index contributed by atoms with van der Waals surface area (Å²) in [5, 5.41) is 8.70. The number of fused-ring (bicyclic) bond motifs is 2. The summed E-state index contributed by atoms with van der Waals surface area (Å²) in [6, 6.07) is 4.07. The number of anilines is 1. The van der Waals surface area contributed by atoms with Crippen molar-refractivity contribution in [2.24, 2.45) is 0 Å². The molecule has 2 atom stereocenters. The summed E-state index contributed by atoms with van der Waals surface area (Å²) in [5.41, 5.74) is 10.0. The van der Waals surface area contributed by atoms with Gasteiger partial charge in [-0.25, -0.2) is 14.8 Å². The molecule has 0 aromatic carbocycles. The topological polar surface area (TPSA) is 111 Å². The van der Waals surface area contributed by atoms with E-state index in [-0.39, 0.29) is 17.6 Å². The van der Waals surface area contributed by atoms with Crippen molar-refractivity contribution in [2.75, 3.05) is 25.4 Å². The van der Waals surface area contributed by atoms with Crippen LogP contribution >= 0.6 is 11.3 Å². The fourth-order valence-electron chi connectivity index (χ4n) is 4.93. The van der Waals surface area contributed by atoms with E-state index in [0.717, 1.165) is 54.4 Å². The summed E-state index contributed by atoms with van der Waals surface area (Å²) in [7, 11) is 0. The number of rotatable bonds is 5. The first-order chi connectivity index (χ1) is 16.3. The van der Waals surface area contributed by atoms with E-state index in [9.17, 15) is 4.79 Å². The van der Waals surface area contributed by atoms with Gasteiger partial charge >= 0.3 is 6.03 Å². The zero-order chi connectivity index (χ0) is 24.0. The molecule has 5 rings (SSSR count). The first-order valence-corrected chi connectivity index (χ1v) is 12.6. The second-order valence-corrected chi connectivity index (χ2v) is 10.5. The van der Waals surface area contributed by atoms with Crippen LogP contribution in [-0.4, -0.2) is 50.3 Å². The lowest BCUT2D eigenvalue weighted by atomic mass is 9.82. The molecule has 1 unspecified atom stereocenters. The van der Waals surface area contributed by atoms with E-state index in [1.54, 1.807) is 17.5 Å². The minimum Gasteiger partial charge on any atom is -0.480 e. The van der Waals surface area contributed by atoms with Gasteiger partial charge < -0.3 is 20.7 Å². The first kappa shape index (κ1) is 22.6. The molecule has 180 valence electrons. The number of ether oxygens (including phenoxy) is 1. The molecule has 3 N–H and O–H groups in total. The number of nitrogens with one attached hydrogen (secondary N) is 1. The molecule has 34 heavy (non-hydrogen) atoms. The van der Waals surface area contributed by atoms with Crippen LogP contribution in [0.25, 0.3) is 11.3 Å². The lowest BCUT2D eigenvalue weighted by Gasteiger charge is -2.23. The zero-order valence-electron chi connectivity index (χ0n) is 20.1. The number of hydrogen-bond acceptors (Lipinski definition) is 7. The summed E-state index contributed by atoms with van der Waals surface area (Å²) in [4.78, 5) is 24.4. The summed E-state index contributed by atoms with van der Waals surface area (Å²) in [6.07, 6.45) is 3.47. The number of likely N-dealkylation sites (tertiary alicyclic amines) is 1. The molecule has 10 heteroatoms. The number of carbonyl (C=O) groups is 1. The number of carbonyl (C=O) groups excluding carboxylic acids is 1. The van der Waals surface area contributed by atoms with Crippen LogP contribution in [0.1, 0.15) is 54.1 Å². The van der Waals surface area contributed by atoms with Crippen LogP contribution in [0.4, 0.5) is 10.6 Å². The van der Waals surface area contributed by atoms with Crippen molar-refractivity contribution in [1.82, 2.24) is 30.0 Å². The number of aryl methyl sites for hydroxylation is 3. The van der Waals surface area contributed by atoms with E-state index in [1.165, 1.54) is 10.6 Å². The third-order valence-electron chi connectivity index (χ3n) is 6.97.